The fraction of sp³-hybridized carbons (Fsp3) is 0.0667. The number of nitro groups is 2. The van der Waals surface area contributed by atoms with E-state index in [1.807, 2.05) is 0 Å². The Labute approximate surface area is 149 Å². The van der Waals surface area contributed by atoms with Crippen LogP contribution in [-0.2, 0) is 0 Å². The number of carbonyl (C=O) groups excluding carboxylic acids is 2. The Balaban J connectivity index is 0.000000194. The zero-order valence-corrected chi connectivity index (χ0v) is 13.2. The summed E-state index contributed by atoms with van der Waals surface area (Å²) >= 11 is 0. The van der Waals surface area contributed by atoms with Crippen LogP contribution in [0.5, 0.6) is 23.0 Å². The predicted molar refractivity (Wildman–Crippen MR) is 86.4 cm³/mol. The second kappa shape index (κ2) is 7.77. The van der Waals surface area contributed by atoms with Gasteiger partial charge in [-0.05, 0) is 0 Å². The first-order chi connectivity index (χ1) is 12.8. The number of hydrogen-bond acceptors (Lipinski definition) is 10. The van der Waals surface area contributed by atoms with Crippen molar-refractivity contribution in [2.45, 2.75) is 0 Å². The van der Waals surface area contributed by atoms with Crippen molar-refractivity contribution < 1.29 is 39.1 Å². The quantitative estimate of drug-likeness (QED) is 0.345. The maximum atomic E-state index is 10.5. The Hall–Kier alpha value is -4.22. The van der Waals surface area contributed by atoms with Gasteiger partial charge in [0.05, 0.1) is 33.1 Å². The summed E-state index contributed by atoms with van der Waals surface area (Å²) in [6, 6.07) is 4.04. The molecule has 1 aliphatic heterocycles. The molecule has 3 rings (SSSR count). The van der Waals surface area contributed by atoms with Crippen LogP contribution in [0.3, 0.4) is 0 Å². The number of ether oxygens (including phenoxy) is 2. The van der Waals surface area contributed by atoms with Gasteiger partial charge < -0.3 is 19.7 Å². The van der Waals surface area contributed by atoms with Crippen LogP contribution in [0.2, 0.25) is 0 Å². The van der Waals surface area contributed by atoms with E-state index in [1.54, 1.807) is 0 Å². The number of phenols is 2. The third-order valence-corrected chi connectivity index (χ3v) is 3.29. The largest absolute Gasteiger partial charge is 0.504 e. The SMILES string of the molecule is O=Cc1cc(O)c(O)cc1[N+](=O)[O-].O=Cc1cc2c(cc1[N+](=O)[O-])OCO2. The van der Waals surface area contributed by atoms with Crippen molar-refractivity contribution >= 4 is 23.9 Å². The Bertz CT molecular complexity index is 941. The van der Waals surface area contributed by atoms with Gasteiger partial charge in [0.25, 0.3) is 11.4 Å². The maximum absolute atomic E-state index is 10.5. The van der Waals surface area contributed by atoms with Gasteiger partial charge in [0.2, 0.25) is 6.79 Å². The Morgan fingerprint density at radius 3 is 1.78 bits per heavy atom. The first-order valence-electron chi connectivity index (χ1n) is 6.97. The molecular weight excluding hydrogens is 368 g/mol. The van der Waals surface area contributed by atoms with E-state index < -0.39 is 27.0 Å². The molecule has 0 spiro atoms. The van der Waals surface area contributed by atoms with Crippen LogP contribution in [0.1, 0.15) is 20.7 Å². The topological polar surface area (TPSA) is 179 Å². The number of nitrogens with zero attached hydrogens (tertiary/aromatic N) is 2. The Kier molecular flexibility index (Phi) is 5.50. The summed E-state index contributed by atoms with van der Waals surface area (Å²) in [4.78, 5) is 40.2. The van der Waals surface area contributed by atoms with Crippen LogP contribution >= 0.6 is 0 Å². The number of aldehydes is 2. The first kappa shape index (κ1) is 19.1. The van der Waals surface area contributed by atoms with Crippen molar-refractivity contribution in [2.75, 3.05) is 6.79 Å². The third kappa shape index (κ3) is 4.07. The molecule has 12 nitrogen and oxygen atoms in total. The lowest BCUT2D eigenvalue weighted by molar-refractivity contribution is -0.385. The van der Waals surface area contributed by atoms with E-state index in [-0.39, 0.29) is 29.9 Å². The normalized spacial score (nSPS) is 11.1. The molecule has 0 bridgehead atoms. The molecule has 0 saturated heterocycles. The van der Waals surface area contributed by atoms with Gasteiger partial charge >= 0.3 is 0 Å². The highest BCUT2D eigenvalue weighted by atomic mass is 16.7. The lowest BCUT2D eigenvalue weighted by atomic mass is 10.2. The van der Waals surface area contributed by atoms with Gasteiger partial charge in [0, 0.05) is 12.1 Å². The summed E-state index contributed by atoms with van der Waals surface area (Å²) in [5.41, 5.74) is -1.10. The standard InChI is InChI=1S/C8H5NO5.C7H5NO5/c10-3-5-1-7-8(14-4-13-7)2-6(5)9(11)12;9-3-4-1-6(10)7(11)2-5(4)8(12)13/h1-3H,4H2;1-3,10-11H. The average Bonchev–Trinajstić information content (AvgIpc) is 3.10. The molecule has 0 fully saturated rings. The number of rotatable bonds is 4. The van der Waals surface area contributed by atoms with Crippen LogP contribution in [0.25, 0.3) is 0 Å². The second-order valence-electron chi connectivity index (χ2n) is 4.91. The molecule has 27 heavy (non-hydrogen) atoms. The Morgan fingerprint density at radius 2 is 1.26 bits per heavy atom. The number of phenolic OH excluding ortho intramolecular Hbond substituents is 2. The monoisotopic (exact) mass is 378 g/mol. The van der Waals surface area contributed by atoms with Crippen molar-refractivity contribution in [3.8, 4) is 23.0 Å². The molecule has 0 aliphatic carbocycles. The van der Waals surface area contributed by atoms with E-state index in [1.165, 1.54) is 12.1 Å². The van der Waals surface area contributed by atoms with Crippen LogP contribution in [0, 0.1) is 20.2 Å². The maximum Gasteiger partial charge on any atom is 0.283 e. The van der Waals surface area contributed by atoms with Gasteiger partial charge in [-0.15, -0.1) is 0 Å². The summed E-state index contributed by atoms with van der Waals surface area (Å²) in [7, 11) is 0. The smallest absolute Gasteiger partial charge is 0.283 e. The highest BCUT2D eigenvalue weighted by molar-refractivity contribution is 5.84. The molecule has 0 aromatic heterocycles. The van der Waals surface area contributed by atoms with Crippen molar-refractivity contribution in [3.05, 3.63) is 55.6 Å². The van der Waals surface area contributed by atoms with Crippen LogP contribution < -0.4 is 9.47 Å². The molecule has 0 atom stereocenters. The number of fused-ring (bicyclic) bond motifs is 1. The molecule has 0 radical (unpaired) electrons. The molecular formula is C15H10N2O10. The lowest BCUT2D eigenvalue weighted by Crippen LogP contribution is -1.94. The van der Waals surface area contributed by atoms with Crippen LogP contribution in [0.4, 0.5) is 11.4 Å². The highest BCUT2D eigenvalue weighted by Gasteiger charge is 2.22. The van der Waals surface area contributed by atoms with Gasteiger partial charge in [-0.3, -0.25) is 29.8 Å². The average molecular weight is 378 g/mol. The zero-order valence-electron chi connectivity index (χ0n) is 13.2. The number of benzene rings is 2. The molecule has 2 N–H and O–H groups in total. The van der Waals surface area contributed by atoms with E-state index in [9.17, 15) is 29.8 Å². The van der Waals surface area contributed by atoms with E-state index in [0.717, 1.165) is 12.1 Å². The fourth-order valence-corrected chi connectivity index (χ4v) is 2.03. The van der Waals surface area contributed by atoms with Gasteiger partial charge in [-0.25, -0.2) is 0 Å². The van der Waals surface area contributed by atoms with Crippen molar-refractivity contribution in [1.82, 2.24) is 0 Å². The van der Waals surface area contributed by atoms with E-state index in [2.05, 4.69) is 0 Å². The van der Waals surface area contributed by atoms with E-state index in [0.29, 0.717) is 17.8 Å². The van der Waals surface area contributed by atoms with E-state index >= 15 is 0 Å². The van der Waals surface area contributed by atoms with Crippen molar-refractivity contribution in [1.29, 1.82) is 0 Å². The van der Waals surface area contributed by atoms with Gasteiger partial charge in [-0.2, -0.15) is 0 Å². The van der Waals surface area contributed by atoms with Gasteiger partial charge in [-0.1, -0.05) is 0 Å². The summed E-state index contributed by atoms with van der Waals surface area (Å²) in [5, 5.41) is 38.6. The fourth-order valence-electron chi connectivity index (χ4n) is 2.03. The predicted octanol–water partition coefficient (Wildman–Crippen LogP) is 1.95. The van der Waals surface area contributed by atoms with Crippen LogP contribution in [-0.4, -0.2) is 39.4 Å². The van der Waals surface area contributed by atoms with Crippen LogP contribution in [0.15, 0.2) is 24.3 Å². The second-order valence-corrected chi connectivity index (χ2v) is 4.91. The first-order valence-corrected chi connectivity index (χ1v) is 6.97. The molecule has 12 heteroatoms. The summed E-state index contributed by atoms with van der Waals surface area (Å²) in [5.74, 6) is -0.537. The number of nitro benzene ring substituents is 2. The molecule has 0 amide bonds. The molecule has 0 unspecified atom stereocenters. The molecule has 1 heterocycles. The lowest BCUT2D eigenvalue weighted by Gasteiger charge is -1.99. The van der Waals surface area contributed by atoms with E-state index in [4.69, 9.17) is 19.7 Å². The number of aromatic hydroxyl groups is 2. The minimum absolute atomic E-state index is 0.0146. The molecule has 0 saturated carbocycles. The molecule has 2 aromatic rings. The van der Waals surface area contributed by atoms with Gasteiger partial charge in [0.15, 0.2) is 35.6 Å². The summed E-state index contributed by atoms with van der Waals surface area (Å²) < 4.78 is 9.92. The minimum atomic E-state index is -0.817. The van der Waals surface area contributed by atoms with Gasteiger partial charge in [0.1, 0.15) is 0 Å². The Morgan fingerprint density at radius 1 is 0.815 bits per heavy atom. The van der Waals surface area contributed by atoms with Crippen molar-refractivity contribution in [2.24, 2.45) is 0 Å². The zero-order chi connectivity index (χ0) is 20.1. The summed E-state index contributed by atoms with van der Waals surface area (Å²) in [6.45, 7) is 0.0226. The number of carbonyl (C=O) groups is 2. The third-order valence-electron chi connectivity index (χ3n) is 3.29. The summed E-state index contributed by atoms with van der Waals surface area (Å²) in [6.07, 6.45) is 0.650. The molecule has 1 aliphatic rings. The molecule has 2 aromatic carbocycles. The van der Waals surface area contributed by atoms with Crippen molar-refractivity contribution in [3.63, 3.8) is 0 Å². The minimum Gasteiger partial charge on any atom is -0.504 e. The highest BCUT2D eigenvalue weighted by Crippen LogP contribution is 2.37. The molecule has 140 valence electrons. The number of hydrogen-bond donors (Lipinski definition) is 2.